The smallest absolute Gasteiger partial charge is 0.229 e. The zero-order valence-electron chi connectivity index (χ0n) is 24.4. The molecule has 246 valence electrons. The van der Waals surface area contributed by atoms with Crippen LogP contribution in [0.15, 0.2) is 30.3 Å². The summed E-state index contributed by atoms with van der Waals surface area (Å²) in [6.07, 6.45) is -13.8. The van der Waals surface area contributed by atoms with Gasteiger partial charge in [0, 0.05) is 0 Å². The van der Waals surface area contributed by atoms with Crippen molar-refractivity contribution < 1.29 is 74.0 Å². The lowest BCUT2D eigenvalue weighted by Crippen LogP contribution is -2.60. The maximum Gasteiger partial charge on any atom is 0.229 e. The first-order valence-electron chi connectivity index (χ1n) is 13.9. The predicted octanol–water partition coefficient (Wildman–Crippen LogP) is -2.14. The Kier molecular flexibility index (Phi) is 11.5. The molecule has 0 aliphatic carbocycles. The van der Waals surface area contributed by atoms with E-state index < -0.39 is 74.6 Å². The standard InChI is InChI=1S/C29H40O15/c1-38-15-7-6-13(8-16(15)41-28-25(36)23(34)21(32)19(11-30)43-28)4-5-14-9-17(39-2)27(40-3)18(10-14)42-29-26(37)24(35)22(33)20(12-31)44-29/h6-10,19-26,28-37H,4-5,11-12H2,1-3H3/t19-,20-,21-,22-,23+,24+,25-,26-,28-,29-/m1/s1. The van der Waals surface area contributed by atoms with Crippen LogP contribution in [0.3, 0.4) is 0 Å². The second kappa shape index (κ2) is 14.9. The number of aliphatic hydroxyl groups excluding tert-OH is 8. The Balaban J connectivity index is 1.53. The number of methoxy groups -OCH3 is 3. The van der Waals surface area contributed by atoms with Gasteiger partial charge in [0.15, 0.2) is 23.0 Å². The van der Waals surface area contributed by atoms with Crippen molar-refractivity contribution in [1.29, 1.82) is 0 Å². The highest BCUT2D eigenvalue weighted by Gasteiger charge is 2.46. The Bertz CT molecular complexity index is 1220. The van der Waals surface area contributed by atoms with Crippen molar-refractivity contribution in [2.75, 3.05) is 34.5 Å². The third kappa shape index (κ3) is 7.13. The van der Waals surface area contributed by atoms with Crippen molar-refractivity contribution in [3.63, 3.8) is 0 Å². The highest BCUT2D eigenvalue weighted by atomic mass is 16.7. The Hall–Kier alpha value is -2.96. The van der Waals surface area contributed by atoms with Gasteiger partial charge in [0.05, 0.1) is 34.5 Å². The van der Waals surface area contributed by atoms with Gasteiger partial charge in [0.1, 0.15) is 48.8 Å². The SMILES string of the molecule is COc1ccc(CCc2cc(OC)c(OC)c(O[C@@H]3O[C@H](CO)[C@@H](O)[C@H](O)[C@H]3O)c2)cc1O[C@@H]1O[C@H](CO)[C@@H](O)[C@H](O)[C@H]1O. The summed E-state index contributed by atoms with van der Waals surface area (Å²) in [6.45, 7) is -1.22. The van der Waals surface area contributed by atoms with Crippen molar-refractivity contribution in [1.82, 2.24) is 0 Å². The van der Waals surface area contributed by atoms with Crippen LogP contribution < -0.4 is 23.7 Å². The van der Waals surface area contributed by atoms with E-state index in [-0.39, 0.29) is 17.2 Å². The lowest BCUT2D eigenvalue weighted by Gasteiger charge is -2.39. The van der Waals surface area contributed by atoms with Gasteiger partial charge in [-0.05, 0) is 48.2 Å². The van der Waals surface area contributed by atoms with Gasteiger partial charge in [-0.15, -0.1) is 0 Å². The molecule has 10 atom stereocenters. The van der Waals surface area contributed by atoms with E-state index >= 15 is 0 Å². The first-order chi connectivity index (χ1) is 21.1. The lowest BCUT2D eigenvalue weighted by atomic mass is 9.99. The van der Waals surface area contributed by atoms with Crippen LogP contribution in [0.2, 0.25) is 0 Å². The largest absolute Gasteiger partial charge is 0.493 e. The molecule has 2 heterocycles. The molecule has 15 heteroatoms. The van der Waals surface area contributed by atoms with Gasteiger partial charge in [-0.1, -0.05) is 6.07 Å². The third-order valence-corrected chi connectivity index (χ3v) is 7.62. The highest BCUT2D eigenvalue weighted by Crippen LogP contribution is 2.41. The summed E-state index contributed by atoms with van der Waals surface area (Å²) in [5.41, 5.74) is 1.49. The fourth-order valence-corrected chi connectivity index (χ4v) is 5.05. The number of aryl methyl sites for hydroxylation is 2. The number of hydrogen-bond donors (Lipinski definition) is 8. The first kappa shape index (κ1) is 33.9. The molecule has 2 aromatic carbocycles. The van der Waals surface area contributed by atoms with Crippen molar-refractivity contribution in [2.45, 2.75) is 74.3 Å². The number of hydrogen-bond acceptors (Lipinski definition) is 15. The summed E-state index contributed by atoms with van der Waals surface area (Å²) in [4.78, 5) is 0. The summed E-state index contributed by atoms with van der Waals surface area (Å²) in [5.74, 6) is 1.12. The third-order valence-electron chi connectivity index (χ3n) is 7.62. The summed E-state index contributed by atoms with van der Waals surface area (Å²) in [6, 6.07) is 8.47. The van der Waals surface area contributed by atoms with E-state index in [2.05, 4.69) is 0 Å². The predicted molar refractivity (Wildman–Crippen MR) is 149 cm³/mol. The van der Waals surface area contributed by atoms with Crippen LogP contribution in [-0.2, 0) is 22.3 Å². The van der Waals surface area contributed by atoms with Crippen LogP contribution in [0.25, 0.3) is 0 Å². The Morgan fingerprint density at radius 1 is 0.545 bits per heavy atom. The van der Waals surface area contributed by atoms with Gasteiger partial charge in [-0.2, -0.15) is 0 Å². The number of benzene rings is 2. The monoisotopic (exact) mass is 628 g/mol. The van der Waals surface area contributed by atoms with Gasteiger partial charge in [-0.25, -0.2) is 0 Å². The van der Waals surface area contributed by atoms with Crippen LogP contribution in [0.1, 0.15) is 11.1 Å². The quantitative estimate of drug-likeness (QED) is 0.125. The maximum absolute atomic E-state index is 10.5. The van der Waals surface area contributed by atoms with Crippen molar-refractivity contribution in [2.24, 2.45) is 0 Å². The number of rotatable bonds is 12. The van der Waals surface area contributed by atoms with E-state index in [0.717, 1.165) is 11.1 Å². The summed E-state index contributed by atoms with van der Waals surface area (Å²) in [7, 11) is 4.26. The molecule has 0 saturated carbocycles. The van der Waals surface area contributed by atoms with Gasteiger partial charge in [-0.3, -0.25) is 0 Å². The van der Waals surface area contributed by atoms with E-state index in [4.69, 9.17) is 33.2 Å². The van der Waals surface area contributed by atoms with Gasteiger partial charge in [0.2, 0.25) is 18.3 Å². The average molecular weight is 629 g/mol. The summed E-state index contributed by atoms with van der Waals surface area (Å²) >= 11 is 0. The Labute approximate surface area is 253 Å². The fraction of sp³-hybridized carbons (Fsp3) is 0.586. The van der Waals surface area contributed by atoms with Crippen LogP contribution >= 0.6 is 0 Å². The van der Waals surface area contributed by atoms with E-state index in [1.54, 1.807) is 30.3 Å². The molecule has 0 spiro atoms. The molecule has 2 aliphatic rings. The molecule has 0 unspecified atom stereocenters. The molecule has 0 radical (unpaired) electrons. The molecular formula is C29H40O15. The molecule has 2 aliphatic heterocycles. The van der Waals surface area contributed by atoms with E-state index in [0.29, 0.717) is 24.3 Å². The normalized spacial score (nSPS) is 32.2. The minimum Gasteiger partial charge on any atom is -0.493 e. The molecule has 44 heavy (non-hydrogen) atoms. The minimum atomic E-state index is -1.63. The van der Waals surface area contributed by atoms with E-state index in [1.165, 1.54) is 21.3 Å². The molecule has 0 bridgehead atoms. The van der Waals surface area contributed by atoms with Crippen LogP contribution in [0.5, 0.6) is 28.7 Å². The second-order valence-corrected chi connectivity index (χ2v) is 10.4. The molecule has 2 fully saturated rings. The molecule has 0 amide bonds. The zero-order chi connectivity index (χ0) is 32.1. The zero-order valence-corrected chi connectivity index (χ0v) is 24.4. The molecular weight excluding hydrogens is 588 g/mol. The summed E-state index contributed by atoms with van der Waals surface area (Å²) < 4.78 is 38.9. The fourth-order valence-electron chi connectivity index (χ4n) is 5.05. The number of ether oxygens (including phenoxy) is 7. The first-order valence-corrected chi connectivity index (χ1v) is 13.9. The topological polar surface area (TPSA) is 226 Å². The maximum atomic E-state index is 10.5. The van der Waals surface area contributed by atoms with Crippen molar-refractivity contribution >= 4 is 0 Å². The van der Waals surface area contributed by atoms with Crippen LogP contribution in [-0.4, -0.2) is 137 Å². The molecule has 2 saturated heterocycles. The van der Waals surface area contributed by atoms with Crippen molar-refractivity contribution in [3.05, 3.63) is 41.5 Å². The molecule has 2 aromatic rings. The summed E-state index contributed by atoms with van der Waals surface area (Å²) in [5, 5.41) is 80.3. The van der Waals surface area contributed by atoms with Gasteiger partial charge in [0.25, 0.3) is 0 Å². The van der Waals surface area contributed by atoms with Crippen LogP contribution in [0, 0.1) is 0 Å². The molecule has 4 rings (SSSR count). The number of aliphatic hydroxyl groups is 8. The van der Waals surface area contributed by atoms with Crippen molar-refractivity contribution in [3.8, 4) is 28.7 Å². The van der Waals surface area contributed by atoms with E-state index in [1.807, 2.05) is 0 Å². The molecule has 15 nitrogen and oxygen atoms in total. The molecule has 0 aromatic heterocycles. The Morgan fingerprint density at radius 2 is 1.02 bits per heavy atom. The average Bonchev–Trinajstić information content (AvgIpc) is 3.03. The van der Waals surface area contributed by atoms with Gasteiger partial charge < -0.3 is 74.0 Å². The highest BCUT2D eigenvalue weighted by molar-refractivity contribution is 5.54. The second-order valence-electron chi connectivity index (χ2n) is 10.4. The Morgan fingerprint density at radius 3 is 1.52 bits per heavy atom. The minimum absolute atomic E-state index is 0.118. The van der Waals surface area contributed by atoms with E-state index in [9.17, 15) is 40.9 Å². The molecule has 8 N–H and O–H groups in total. The van der Waals surface area contributed by atoms with Crippen LogP contribution in [0.4, 0.5) is 0 Å². The van der Waals surface area contributed by atoms with Gasteiger partial charge >= 0.3 is 0 Å². The lowest BCUT2D eigenvalue weighted by molar-refractivity contribution is -0.277.